The Kier molecular flexibility index (Phi) is 7.00. The van der Waals surface area contributed by atoms with E-state index in [1.807, 2.05) is 6.92 Å². The molecule has 0 atom stereocenters. The highest BCUT2D eigenvalue weighted by Crippen LogP contribution is 2.37. The van der Waals surface area contributed by atoms with Crippen LogP contribution in [0.3, 0.4) is 0 Å². The Hall–Kier alpha value is -0.280. The predicted molar refractivity (Wildman–Crippen MR) is 67.9 cm³/mol. The maximum absolute atomic E-state index is 12.0. The first-order valence-corrected chi connectivity index (χ1v) is 5.98. The molecule has 0 aromatic carbocycles. The van der Waals surface area contributed by atoms with Gasteiger partial charge in [0.05, 0.1) is 12.0 Å². The van der Waals surface area contributed by atoms with Crippen LogP contribution in [0.4, 0.5) is 0 Å². The fourth-order valence-electron chi connectivity index (χ4n) is 2.46. The average molecular weight is 250 g/mol. The number of esters is 1. The minimum Gasteiger partial charge on any atom is -0.466 e. The van der Waals surface area contributed by atoms with E-state index in [1.54, 1.807) is 0 Å². The topological polar surface area (TPSA) is 38.3 Å². The molecule has 96 valence electrons. The highest BCUT2D eigenvalue weighted by molar-refractivity contribution is 5.85. The Bertz CT molecular complexity index is 213. The monoisotopic (exact) mass is 249 g/mol. The number of rotatable bonds is 4. The van der Waals surface area contributed by atoms with Crippen LogP contribution in [-0.2, 0) is 9.53 Å². The normalized spacial score (nSPS) is 19.0. The van der Waals surface area contributed by atoms with E-state index in [0.29, 0.717) is 12.5 Å². The van der Waals surface area contributed by atoms with Gasteiger partial charge in [-0.2, -0.15) is 0 Å². The summed E-state index contributed by atoms with van der Waals surface area (Å²) < 4.78 is 5.22. The zero-order chi connectivity index (χ0) is 11.3. The van der Waals surface area contributed by atoms with Crippen molar-refractivity contribution >= 4 is 18.4 Å². The summed E-state index contributed by atoms with van der Waals surface area (Å²) in [5.41, 5.74) is -0.213. The molecule has 0 radical (unpaired) electrons. The van der Waals surface area contributed by atoms with E-state index in [2.05, 4.69) is 19.2 Å². The quantitative estimate of drug-likeness (QED) is 0.778. The predicted octanol–water partition coefficient (Wildman–Crippen LogP) is 2.39. The van der Waals surface area contributed by atoms with Crippen molar-refractivity contribution < 1.29 is 9.53 Å². The number of carbonyl (C=O) groups excluding carboxylic acids is 1. The zero-order valence-corrected chi connectivity index (χ0v) is 11.4. The lowest BCUT2D eigenvalue weighted by Crippen LogP contribution is -2.43. The van der Waals surface area contributed by atoms with Crippen LogP contribution in [-0.4, -0.2) is 25.7 Å². The third-order valence-electron chi connectivity index (χ3n) is 3.07. The molecule has 1 rings (SSSR count). The maximum atomic E-state index is 12.0. The third kappa shape index (κ3) is 3.95. The molecule has 1 fully saturated rings. The van der Waals surface area contributed by atoms with E-state index in [9.17, 15) is 4.79 Å². The highest BCUT2D eigenvalue weighted by atomic mass is 35.5. The molecule has 0 saturated carbocycles. The molecular formula is C12H24ClNO2. The van der Waals surface area contributed by atoms with Crippen molar-refractivity contribution in [2.24, 2.45) is 11.3 Å². The third-order valence-corrected chi connectivity index (χ3v) is 3.07. The van der Waals surface area contributed by atoms with Crippen molar-refractivity contribution in [1.82, 2.24) is 5.32 Å². The molecule has 4 heteroatoms. The molecule has 0 unspecified atom stereocenters. The van der Waals surface area contributed by atoms with Gasteiger partial charge in [0.25, 0.3) is 0 Å². The molecule has 0 aliphatic carbocycles. The number of piperidine rings is 1. The van der Waals surface area contributed by atoms with Crippen LogP contribution >= 0.6 is 12.4 Å². The average Bonchev–Trinajstić information content (AvgIpc) is 2.18. The van der Waals surface area contributed by atoms with Gasteiger partial charge in [-0.15, -0.1) is 12.4 Å². The Morgan fingerprint density at radius 3 is 2.38 bits per heavy atom. The largest absolute Gasteiger partial charge is 0.466 e. The van der Waals surface area contributed by atoms with Gasteiger partial charge in [0.1, 0.15) is 0 Å². The van der Waals surface area contributed by atoms with E-state index < -0.39 is 0 Å². The van der Waals surface area contributed by atoms with E-state index in [0.717, 1.165) is 32.4 Å². The maximum Gasteiger partial charge on any atom is 0.312 e. The van der Waals surface area contributed by atoms with Gasteiger partial charge in [-0.3, -0.25) is 4.79 Å². The SMILES string of the molecule is CCOC(=O)C1(CC(C)C)CCNCC1.Cl. The van der Waals surface area contributed by atoms with Crippen molar-refractivity contribution in [2.75, 3.05) is 19.7 Å². The number of nitrogens with one attached hydrogen (secondary N) is 1. The van der Waals surface area contributed by atoms with Crippen molar-refractivity contribution in [3.63, 3.8) is 0 Å². The van der Waals surface area contributed by atoms with Gasteiger partial charge in [-0.1, -0.05) is 13.8 Å². The Morgan fingerprint density at radius 1 is 1.38 bits per heavy atom. The van der Waals surface area contributed by atoms with Crippen LogP contribution in [0, 0.1) is 11.3 Å². The second-order valence-electron chi connectivity index (χ2n) is 4.85. The first-order valence-electron chi connectivity index (χ1n) is 5.98. The fraction of sp³-hybridized carbons (Fsp3) is 0.917. The first kappa shape index (κ1) is 15.7. The van der Waals surface area contributed by atoms with Crippen LogP contribution < -0.4 is 5.32 Å². The minimum absolute atomic E-state index is 0. The summed E-state index contributed by atoms with van der Waals surface area (Å²) >= 11 is 0. The molecule has 1 aliphatic rings. The van der Waals surface area contributed by atoms with E-state index in [1.165, 1.54) is 0 Å². The van der Waals surface area contributed by atoms with E-state index in [4.69, 9.17) is 4.74 Å². The van der Waals surface area contributed by atoms with Gasteiger partial charge in [-0.05, 0) is 45.2 Å². The van der Waals surface area contributed by atoms with E-state index >= 15 is 0 Å². The second-order valence-corrected chi connectivity index (χ2v) is 4.85. The van der Waals surface area contributed by atoms with Crippen LogP contribution in [0.2, 0.25) is 0 Å². The van der Waals surface area contributed by atoms with Crippen LogP contribution in [0.25, 0.3) is 0 Å². The number of hydrogen-bond donors (Lipinski definition) is 1. The lowest BCUT2D eigenvalue weighted by Gasteiger charge is -2.36. The Balaban J connectivity index is 0.00000225. The summed E-state index contributed by atoms with van der Waals surface area (Å²) in [6.07, 6.45) is 2.79. The van der Waals surface area contributed by atoms with Gasteiger partial charge in [0.15, 0.2) is 0 Å². The van der Waals surface area contributed by atoms with Gasteiger partial charge < -0.3 is 10.1 Å². The molecule has 16 heavy (non-hydrogen) atoms. The second kappa shape index (κ2) is 7.13. The fourth-order valence-corrected chi connectivity index (χ4v) is 2.46. The molecule has 1 aliphatic heterocycles. The smallest absolute Gasteiger partial charge is 0.312 e. The molecule has 1 N–H and O–H groups in total. The molecular weight excluding hydrogens is 226 g/mol. The Morgan fingerprint density at radius 2 is 1.94 bits per heavy atom. The first-order chi connectivity index (χ1) is 7.10. The van der Waals surface area contributed by atoms with Crippen molar-refractivity contribution in [3.8, 4) is 0 Å². The standard InChI is InChI=1S/C12H23NO2.ClH/c1-4-15-11(14)12(9-10(2)3)5-7-13-8-6-12;/h10,13H,4-9H2,1-3H3;1H. The molecule has 1 saturated heterocycles. The summed E-state index contributed by atoms with van der Waals surface area (Å²) in [7, 11) is 0. The number of ether oxygens (including phenoxy) is 1. The highest BCUT2D eigenvalue weighted by Gasteiger charge is 2.41. The van der Waals surface area contributed by atoms with Crippen molar-refractivity contribution in [2.45, 2.75) is 40.0 Å². The van der Waals surface area contributed by atoms with Crippen LogP contribution in [0.5, 0.6) is 0 Å². The van der Waals surface area contributed by atoms with Gasteiger partial charge >= 0.3 is 5.97 Å². The summed E-state index contributed by atoms with van der Waals surface area (Å²) in [6.45, 7) is 8.58. The lowest BCUT2D eigenvalue weighted by molar-refractivity contribution is -0.158. The molecule has 3 nitrogen and oxygen atoms in total. The summed E-state index contributed by atoms with van der Waals surface area (Å²) in [4.78, 5) is 12.0. The van der Waals surface area contributed by atoms with Crippen LogP contribution in [0.15, 0.2) is 0 Å². The molecule has 0 spiro atoms. The molecule has 1 heterocycles. The molecule has 0 aromatic rings. The lowest BCUT2D eigenvalue weighted by atomic mass is 9.73. The summed E-state index contributed by atoms with van der Waals surface area (Å²) in [6, 6.07) is 0. The number of hydrogen-bond acceptors (Lipinski definition) is 3. The Labute approximate surface area is 105 Å². The van der Waals surface area contributed by atoms with Crippen molar-refractivity contribution in [3.05, 3.63) is 0 Å². The van der Waals surface area contributed by atoms with Crippen molar-refractivity contribution in [1.29, 1.82) is 0 Å². The summed E-state index contributed by atoms with van der Waals surface area (Å²) in [5.74, 6) is 0.563. The summed E-state index contributed by atoms with van der Waals surface area (Å²) in [5, 5.41) is 3.30. The van der Waals surface area contributed by atoms with Crippen LogP contribution in [0.1, 0.15) is 40.0 Å². The number of carbonyl (C=O) groups is 1. The molecule has 0 bridgehead atoms. The molecule has 0 aromatic heterocycles. The molecule has 0 amide bonds. The zero-order valence-electron chi connectivity index (χ0n) is 10.5. The van der Waals surface area contributed by atoms with Gasteiger partial charge in [0, 0.05) is 0 Å². The minimum atomic E-state index is -0.213. The van der Waals surface area contributed by atoms with Gasteiger partial charge in [-0.25, -0.2) is 0 Å². The van der Waals surface area contributed by atoms with E-state index in [-0.39, 0.29) is 23.8 Å². The van der Waals surface area contributed by atoms with Gasteiger partial charge in [0.2, 0.25) is 0 Å². The number of halogens is 1.